The molecule has 1 aliphatic heterocycles. The maximum Gasteiger partial charge on any atom is 0.315 e. The van der Waals surface area contributed by atoms with E-state index in [-0.39, 0.29) is 17.8 Å². The molecule has 1 atom stereocenters. The molecule has 0 bridgehead atoms. The Hall–Kier alpha value is -1.63. The number of hydrogen-bond donors (Lipinski definition) is 3. The fourth-order valence-corrected chi connectivity index (χ4v) is 2.19. The minimum Gasteiger partial charge on any atom is -0.354 e. The van der Waals surface area contributed by atoms with Crippen molar-refractivity contribution in [2.75, 3.05) is 13.1 Å². The lowest BCUT2D eigenvalue weighted by Gasteiger charge is -2.10. The van der Waals surface area contributed by atoms with Crippen LogP contribution in [0.5, 0.6) is 0 Å². The third-order valence-electron chi connectivity index (χ3n) is 2.79. The second kappa shape index (κ2) is 6.01. The average molecular weight is 330 g/mol. The van der Waals surface area contributed by atoms with Gasteiger partial charge in [-0.3, -0.25) is 4.79 Å². The van der Waals surface area contributed by atoms with Crippen LogP contribution >= 0.6 is 15.9 Å². The van der Waals surface area contributed by atoms with E-state index < -0.39 is 6.04 Å². The second-order valence-electron chi connectivity index (χ2n) is 4.20. The molecular weight excluding hydrogens is 317 g/mol. The Morgan fingerprint density at radius 3 is 2.95 bits per heavy atom. The molecular formula is C12H13BrFN3O2. The molecule has 102 valence electrons. The average Bonchev–Trinajstić information content (AvgIpc) is 2.80. The van der Waals surface area contributed by atoms with E-state index in [9.17, 15) is 14.0 Å². The first kappa shape index (κ1) is 13.8. The predicted molar refractivity (Wildman–Crippen MR) is 71.1 cm³/mol. The maximum atomic E-state index is 13.0. The van der Waals surface area contributed by atoms with Gasteiger partial charge < -0.3 is 16.0 Å². The molecule has 3 amide bonds. The molecule has 1 heterocycles. The summed E-state index contributed by atoms with van der Waals surface area (Å²) in [7, 11) is 0. The van der Waals surface area contributed by atoms with Gasteiger partial charge in [-0.05, 0) is 40.0 Å². The largest absolute Gasteiger partial charge is 0.354 e. The fraction of sp³-hybridized carbons (Fsp3) is 0.333. The molecule has 0 saturated carbocycles. The Morgan fingerprint density at radius 1 is 1.53 bits per heavy atom. The number of carbonyl (C=O) groups is 2. The smallest absolute Gasteiger partial charge is 0.315 e. The van der Waals surface area contributed by atoms with E-state index in [4.69, 9.17) is 0 Å². The van der Waals surface area contributed by atoms with E-state index in [1.807, 2.05) is 0 Å². The minimum absolute atomic E-state index is 0.223. The summed E-state index contributed by atoms with van der Waals surface area (Å²) >= 11 is 3.11. The molecule has 7 heteroatoms. The van der Waals surface area contributed by atoms with Crippen LogP contribution < -0.4 is 16.0 Å². The summed E-state index contributed by atoms with van der Waals surface area (Å²) in [6.07, 6.45) is 0.596. The number of amides is 3. The first-order valence-corrected chi connectivity index (χ1v) is 6.61. The SMILES string of the molecule is O=C1NCC(C(=O)NCCc2ccc(F)c(Br)c2)N1. The molecule has 2 rings (SSSR count). The molecule has 1 fully saturated rings. The first-order valence-electron chi connectivity index (χ1n) is 5.82. The number of nitrogens with one attached hydrogen (secondary N) is 3. The highest BCUT2D eigenvalue weighted by atomic mass is 79.9. The molecule has 0 aromatic heterocycles. The third-order valence-corrected chi connectivity index (χ3v) is 3.39. The van der Waals surface area contributed by atoms with E-state index in [1.54, 1.807) is 12.1 Å². The first-order chi connectivity index (χ1) is 9.06. The van der Waals surface area contributed by atoms with Crippen LogP contribution in [0.4, 0.5) is 9.18 Å². The van der Waals surface area contributed by atoms with Gasteiger partial charge in [-0.25, -0.2) is 9.18 Å². The summed E-state index contributed by atoms with van der Waals surface area (Å²) in [5.41, 5.74) is 0.919. The molecule has 0 spiro atoms. The van der Waals surface area contributed by atoms with Crippen molar-refractivity contribution in [1.82, 2.24) is 16.0 Å². The number of halogens is 2. The topological polar surface area (TPSA) is 70.2 Å². The highest BCUT2D eigenvalue weighted by Crippen LogP contribution is 2.16. The highest BCUT2D eigenvalue weighted by Gasteiger charge is 2.26. The summed E-state index contributed by atoms with van der Waals surface area (Å²) in [5, 5.41) is 7.74. The summed E-state index contributed by atoms with van der Waals surface area (Å²) in [6, 6.07) is 3.88. The van der Waals surface area contributed by atoms with Crippen molar-refractivity contribution in [3.63, 3.8) is 0 Å². The zero-order valence-electron chi connectivity index (χ0n) is 10.0. The minimum atomic E-state index is -0.521. The van der Waals surface area contributed by atoms with E-state index in [0.717, 1.165) is 5.56 Å². The van der Waals surface area contributed by atoms with Crippen molar-refractivity contribution in [3.8, 4) is 0 Å². The van der Waals surface area contributed by atoms with Gasteiger partial charge >= 0.3 is 6.03 Å². The zero-order chi connectivity index (χ0) is 13.8. The Morgan fingerprint density at radius 2 is 2.32 bits per heavy atom. The Balaban J connectivity index is 1.78. The molecule has 3 N–H and O–H groups in total. The van der Waals surface area contributed by atoms with Crippen LogP contribution in [-0.2, 0) is 11.2 Å². The van der Waals surface area contributed by atoms with Crippen LogP contribution in [0.3, 0.4) is 0 Å². The van der Waals surface area contributed by atoms with Gasteiger partial charge in [-0.15, -0.1) is 0 Å². The fourth-order valence-electron chi connectivity index (χ4n) is 1.76. The second-order valence-corrected chi connectivity index (χ2v) is 5.05. The lowest BCUT2D eigenvalue weighted by atomic mass is 10.1. The van der Waals surface area contributed by atoms with Gasteiger partial charge in [-0.2, -0.15) is 0 Å². The maximum absolute atomic E-state index is 13.0. The van der Waals surface area contributed by atoms with Gasteiger partial charge in [0.2, 0.25) is 5.91 Å². The van der Waals surface area contributed by atoms with E-state index in [1.165, 1.54) is 6.07 Å². The van der Waals surface area contributed by atoms with Crippen LogP contribution in [0, 0.1) is 5.82 Å². The van der Waals surface area contributed by atoms with Crippen LogP contribution in [-0.4, -0.2) is 31.1 Å². The Bertz CT molecular complexity index is 510. The van der Waals surface area contributed by atoms with Crippen LogP contribution in [0.1, 0.15) is 5.56 Å². The zero-order valence-corrected chi connectivity index (χ0v) is 11.6. The van der Waals surface area contributed by atoms with Gasteiger partial charge in [0.1, 0.15) is 11.9 Å². The molecule has 1 aromatic carbocycles. The van der Waals surface area contributed by atoms with Gasteiger partial charge in [-0.1, -0.05) is 6.07 Å². The third kappa shape index (κ3) is 3.66. The van der Waals surface area contributed by atoms with Gasteiger partial charge in [0.25, 0.3) is 0 Å². The number of hydrogen-bond acceptors (Lipinski definition) is 2. The number of urea groups is 1. The Labute approximate surface area is 118 Å². The molecule has 1 unspecified atom stereocenters. The van der Waals surface area contributed by atoms with Gasteiger partial charge in [0.05, 0.1) is 4.47 Å². The quantitative estimate of drug-likeness (QED) is 0.769. The molecule has 1 aliphatic rings. The standard InChI is InChI=1S/C12H13BrFN3O2/c13-8-5-7(1-2-9(8)14)3-4-15-11(18)10-6-16-12(19)17-10/h1-2,5,10H,3-4,6H2,(H,15,18)(H2,16,17,19). The summed E-state index contributed by atoms with van der Waals surface area (Å²) in [5.74, 6) is -0.535. The summed E-state index contributed by atoms with van der Waals surface area (Å²) in [6.45, 7) is 0.732. The summed E-state index contributed by atoms with van der Waals surface area (Å²) < 4.78 is 13.4. The molecule has 0 radical (unpaired) electrons. The molecule has 5 nitrogen and oxygen atoms in total. The molecule has 1 aromatic rings. The molecule has 19 heavy (non-hydrogen) atoms. The van der Waals surface area contributed by atoms with Crippen molar-refractivity contribution in [2.24, 2.45) is 0 Å². The highest BCUT2D eigenvalue weighted by molar-refractivity contribution is 9.10. The van der Waals surface area contributed by atoms with Crippen molar-refractivity contribution in [1.29, 1.82) is 0 Å². The van der Waals surface area contributed by atoms with Crippen molar-refractivity contribution < 1.29 is 14.0 Å². The van der Waals surface area contributed by atoms with Crippen molar-refractivity contribution in [3.05, 3.63) is 34.1 Å². The number of rotatable bonds is 4. The van der Waals surface area contributed by atoms with Crippen molar-refractivity contribution >= 4 is 27.9 Å². The predicted octanol–water partition coefficient (Wildman–Crippen LogP) is 0.928. The number of carbonyl (C=O) groups excluding carboxylic acids is 2. The van der Waals surface area contributed by atoms with Crippen LogP contribution in [0.15, 0.2) is 22.7 Å². The summed E-state index contributed by atoms with van der Waals surface area (Å²) in [4.78, 5) is 22.5. The van der Waals surface area contributed by atoms with E-state index in [0.29, 0.717) is 24.0 Å². The van der Waals surface area contributed by atoms with Gasteiger partial charge in [0, 0.05) is 13.1 Å². The Kier molecular flexibility index (Phi) is 4.36. The van der Waals surface area contributed by atoms with Gasteiger partial charge in [0.15, 0.2) is 0 Å². The van der Waals surface area contributed by atoms with Crippen molar-refractivity contribution in [2.45, 2.75) is 12.5 Å². The van der Waals surface area contributed by atoms with E-state index in [2.05, 4.69) is 31.9 Å². The monoisotopic (exact) mass is 329 g/mol. The van der Waals surface area contributed by atoms with Crippen LogP contribution in [0.25, 0.3) is 0 Å². The van der Waals surface area contributed by atoms with Crippen LogP contribution in [0.2, 0.25) is 0 Å². The molecule has 1 saturated heterocycles. The lowest BCUT2D eigenvalue weighted by molar-refractivity contribution is -0.122. The molecule has 0 aliphatic carbocycles. The van der Waals surface area contributed by atoms with E-state index >= 15 is 0 Å². The normalized spacial score (nSPS) is 17.8. The lowest BCUT2D eigenvalue weighted by Crippen LogP contribution is -2.43. The number of benzene rings is 1.